The molecule has 2 atom stereocenters. The molecule has 2 aromatic rings. The minimum atomic E-state index is 0.0390. The zero-order valence-corrected chi connectivity index (χ0v) is 18.3. The molecule has 5 nitrogen and oxygen atoms in total. The number of likely N-dealkylation sites (tertiary alicyclic amines) is 1. The lowest BCUT2D eigenvalue weighted by Crippen LogP contribution is -2.48. The van der Waals surface area contributed by atoms with Crippen LogP contribution >= 0.6 is 11.8 Å². The molecule has 1 saturated heterocycles. The number of thioether (sulfide) groups is 1. The van der Waals surface area contributed by atoms with Crippen LogP contribution in [0.5, 0.6) is 0 Å². The topological polar surface area (TPSA) is 55.2 Å². The van der Waals surface area contributed by atoms with E-state index in [2.05, 4.69) is 13.8 Å². The van der Waals surface area contributed by atoms with E-state index in [0.29, 0.717) is 16.3 Å². The first-order valence-electron chi connectivity index (χ1n) is 11.0. The number of aromatic nitrogens is 2. The van der Waals surface area contributed by atoms with E-state index in [1.165, 1.54) is 24.6 Å². The Labute approximate surface area is 176 Å². The summed E-state index contributed by atoms with van der Waals surface area (Å²) in [4.78, 5) is 33.2. The Morgan fingerprint density at radius 2 is 1.72 bits per heavy atom. The predicted octanol–water partition coefficient (Wildman–Crippen LogP) is 4.78. The fourth-order valence-corrected chi connectivity index (χ4v) is 5.94. The van der Waals surface area contributed by atoms with Gasteiger partial charge in [-0.1, -0.05) is 43.2 Å². The molecule has 0 spiro atoms. The van der Waals surface area contributed by atoms with Crippen molar-refractivity contribution >= 4 is 28.6 Å². The molecule has 29 heavy (non-hydrogen) atoms. The number of piperidine rings is 1. The lowest BCUT2D eigenvalue weighted by molar-refractivity contribution is -0.134. The van der Waals surface area contributed by atoms with Crippen molar-refractivity contribution in [1.29, 1.82) is 0 Å². The normalized spacial score (nSPS) is 23.4. The van der Waals surface area contributed by atoms with Crippen molar-refractivity contribution in [3.05, 3.63) is 34.6 Å². The monoisotopic (exact) mass is 413 g/mol. The first-order valence-corrected chi connectivity index (χ1v) is 12.0. The molecule has 1 saturated carbocycles. The lowest BCUT2D eigenvalue weighted by atomic mass is 9.95. The van der Waals surface area contributed by atoms with Crippen molar-refractivity contribution in [2.75, 3.05) is 5.75 Å². The van der Waals surface area contributed by atoms with Gasteiger partial charge in [-0.3, -0.25) is 14.2 Å². The molecule has 2 fully saturated rings. The molecule has 0 N–H and O–H groups in total. The summed E-state index contributed by atoms with van der Waals surface area (Å²) < 4.78 is 1.89. The number of hydrogen-bond acceptors (Lipinski definition) is 4. The van der Waals surface area contributed by atoms with E-state index in [-0.39, 0.29) is 29.6 Å². The Bertz CT molecular complexity index is 925. The highest BCUT2D eigenvalue weighted by atomic mass is 32.2. The molecule has 2 heterocycles. The van der Waals surface area contributed by atoms with Crippen molar-refractivity contribution in [2.24, 2.45) is 0 Å². The number of hydrogen-bond donors (Lipinski definition) is 0. The van der Waals surface area contributed by atoms with Gasteiger partial charge in [0.1, 0.15) is 0 Å². The van der Waals surface area contributed by atoms with Gasteiger partial charge in [0.25, 0.3) is 5.56 Å². The summed E-state index contributed by atoms with van der Waals surface area (Å²) in [6.07, 6.45) is 8.89. The summed E-state index contributed by atoms with van der Waals surface area (Å²) >= 11 is 1.44. The van der Waals surface area contributed by atoms with E-state index in [0.717, 1.165) is 44.0 Å². The van der Waals surface area contributed by atoms with Crippen LogP contribution in [0.1, 0.15) is 71.3 Å². The third kappa shape index (κ3) is 4.23. The maximum absolute atomic E-state index is 13.3. The SMILES string of the molecule is CC1CCCC(C)N1C(=O)CSc1nc2ccccc2c(=O)n1C1CCCCC1. The number of carbonyl (C=O) groups is 1. The zero-order chi connectivity index (χ0) is 20.4. The van der Waals surface area contributed by atoms with Crippen LogP contribution in [0.4, 0.5) is 0 Å². The van der Waals surface area contributed by atoms with Crippen molar-refractivity contribution in [2.45, 2.75) is 88.5 Å². The molecule has 1 aromatic carbocycles. The van der Waals surface area contributed by atoms with Gasteiger partial charge in [-0.15, -0.1) is 0 Å². The van der Waals surface area contributed by atoms with Crippen LogP contribution in [0.25, 0.3) is 10.9 Å². The molecule has 156 valence electrons. The van der Waals surface area contributed by atoms with Gasteiger partial charge in [-0.2, -0.15) is 0 Å². The lowest BCUT2D eigenvalue weighted by Gasteiger charge is -2.39. The highest BCUT2D eigenvalue weighted by molar-refractivity contribution is 7.99. The second-order valence-corrected chi connectivity index (χ2v) is 9.54. The highest BCUT2D eigenvalue weighted by Crippen LogP contribution is 2.31. The van der Waals surface area contributed by atoms with Gasteiger partial charge in [0.15, 0.2) is 5.16 Å². The second kappa shape index (κ2) is 8.90. The third-order valence-electron chi connectivity index (χ3n) is 6.52. The molecule has 1 aliphatic carbocycles. The molecule has 0 radical (unpaired) electrons. The fraction of sp³-hybridized carbons (Fsp3) is 0.609. The van der Waals surface area contributed by atoms with Gasteiger partial charge >= 0.3 is 0 Å². The largest absolute Gasteiger partial charge is 0.337 e. The molecule has 6 heteroatoms. The Kier molecular flexibility index (Phi) is 6.28. The maximum atomic E-state index is 13.3. The number of nitrogens with zero attached hydrogens (tertiary/aromatic N) is 3. The van der Waals surface area contributed by atoms with Gasteiger partial charge in [0.05, 0.1) is 16.7 Å². The van der Waals surface area contributed by atoms with Gasteiger partial charge in [0, 0.05) is 18.1 Å². The minimum absolute atomic E-state index is 0.0390. The minimum Gasteiger partial charge on any atom is -0.337 e. The van der Waals surface area contributed by atoms with Crippen LogP contribution in [0.15, 0.2) is 34.2 Å². The number of para-hydroxylation sites is 1. The number of benzene rings is 1. The van der Waals surface area contributed by atoms with Crippen LogP contribution < -0.4 is 5.56 Å². The number of amides is 1. The van der Waals surface area contributed by atoms with E-state index < -0.39 is 0 Å². The van der Waals surface area contributed by atoms with Gasteiger partial charge in [-0.25, -0.2) is 4.98 Å². The number of carbonyl (C=O) groups excluding carboxylic acids is 1. The summed E-state index contributed by atoms with van der Waals surface area (Å²) in [5.74, 6) is 0.499. The van der Waals surface area contributed by atoms with Crippen molar-refractivity contribution in [1.82, 2.24) is 14.5 Å². The Morgan fingerprint density at radius 3 is 2.45 bits per heavy atom. The van der Waals surface area contributed by atoms with Crippen molar-refractivity contribution < 1.29 is 4.79 Å². The highest BCUT2D eigenvalue weighted by Gasteiger charge is 2.29. The molecule has 0 bridgehead atoms. The molecule has 1 aliphatic heterocycles. The Balaban J connectivity index is 1.63. The van der Waals surface area contributed by atoms with E-state index >= 15 is 0 Å². The van der Waals surface area contributed by atoms with Crippen molar-refractivity contribution in [3.63, 3.8) is 0 Å². The van der Waals surface area contributed by atoms with Crippen molar-refractivity contribution in [3.8, 4) is 0 Å². The fourth-order valence-electron chi connectivity index (χ4n) is 5.00. The van der Waals surface area contributed by atoms with E-state index in [4.69, 9.17) is 4.98 Å². The summed E-state index contributed by atoms with van der Waals surface area (Å²) in [7, 11) is 0. The van der Waals surface area contributed by atoms with Crippen LogP contribution in [0.2, 0.25) is 0 Å². The zero-order valence-electron chi connectivity index (χ0n) is 17.5. The van der Waals surface area contributed by atoms with Gasteiger partial charge in [0.2, 0.25) is 5.91 Å². The molecule has 2 aliphatic rings. The van der Waals surface area contributed by atoms with Crippen LogP contribution in [0, 0.1) is 0 Å². The predicted molar refractivity (Wildman–Crippen MR) is 118 cm³/mol. The standard InChI is InChI=1S/C23H31N3O2S/c1-16-9-8-10-17(2)25(16)21(27)15-29-23-24-20-14-7-6-13-19(20)22(28)26(23)18-11-4-3-5-12-18/h6-7,13-14,16-18H,3-5,8-12,15H2,1-2H3. The maximum Gasteiger partial charge on any atom is 0.262 e. The van der Waals surface area contributed by atoms with E-state index in [1.54, 1.807) is 0 Å². The number of fused-ring (bicyclic) bond motifs is 1. The quantitative estimate of drug-likeness (QED) is 0.534. The summed E-state index contributed by atoms with van der Waals surface area (Å²) in [5, 5.41) is 1.37. The molecular formula is C23H31N3O2S. The smallest absolute Gasteiger partial charge is 0.262 e. The Hall–Kier alpha value is -1.82. The molecule has 1 amide bonds. The van der Waals surface area contributed by atoms with Crippen LogP contribution in [-0.2, 0) is 4.79 Å². The van der Waals surface area contributed by atoms with Crippen LogP contribution in [0.3, 0.4) is 0 Å². The van der Waals surface area contributed by atoms with E-state index in [9.17, 15) is 9.59 Å². The van der Waals surface area contributed by atoms with E-state index in [1.807, 2.05) is 33.7 Å². The Morgan fingerprint density at radius 1 is 1.03 bits per heavy atom. The van der Waals surface area contributed by atoms with Gasteiger partial charge < -0.3 is 4.90 Å². The first-order chi connectivity index (χ1) is 14.1. The third-order valence-corrected chi connectivity index (χ3v) is 7.46. The average molecular weight is 414 g/mol. The summed E-state index contributed by atoms with van der Waals surface area (Å²) in [6.45, 7) is 4.29. The molecule has 2 unspecified atom stereocenters. The van der Waals surface area contributed by atoms with Crippen LogP contribution in [-0.4, -0.2) is 38.2 Å². The second-order valence-electron chi connectivity index (χ2n) is 8.60. The molecular weight excluding hydrogens is 382 g/mol. The molecule has 4 rings (SSSR count). The number of rotatable bonds is 4. The molecule has 1 aromatic heterocycles. The summed E-state index contributed by atoms with van der Waals surface area (Å²) in [5.41, 5.74) is 0.761. The average Bonchev–Trinajstić information content (AvgIpc) is 2.73. The van der Waals surface area contributed by atoms with Gasteiger partial charge in [-0.05, 0) is 58.1 Å². The first kappa shape index (κ1) is 20.5. The summed E-state index contributed by atoms with van der Waals surface area (Å²) in [6, 6.07) is 8.33.